The second kappa shape index (κ2) is 3.16. The number of nitrogens with one attached hydrogen (secondary N) is 1. The van der Waals surface area contributed by atoms with E-state index in [0.29, 0.717) is 0 Å². The first-order chi connectivity index (χ1) is 3.31. The zero-order chi connectivity index (χ0) is 5.70. The molecular formula is C4H5N2O. The van der Waals surface area contributed by atoms with Crippen LogP contribution in [0.15, 0.2) is 0 Å². The number of amides is 1. The molecule has 0 aromatic rings. The van der Waals surface area contributed by atoms with Gasteiger partial charge in [-0.25, -0.2) is 0 Å². The highest BCUT2D eigenvalue weighted by Gasteiger charge is 1.90. The highest BCUT2D eigenvalue weighted by atomic mass is 16.1. The summed E-state index contributed by atoms with van der Waals surface area (Å²) in [4.78, 5) is 10.0. The summed E-state index contributed by atoms with van der Waals surface area (Å²) in [6.07, 6.45) is -0.108. The van der Waals surface area contributed by atoms with E-state index in [2.05, 4.69) is 12.4 Å². The van der Waals surface area contributed by atoms with Gasteiger partial charge in [0.25, 0.3) is 0 Å². The maximum atomic E-state index is 10.0. The molecule has 0 aliphatic heterocycles. The van der Waals surface area contributed by atoms with E-state index in [9.17, 15) is 4.79 Å². The van der Waals surface area contributed by atoms with Crippen molar-refractivity contribution in [2.75, 3.05) is 0 Å². The molecule has 0 fully saturated rings. The minimum absolute atomic E-state index is 0.108. The average molecular weight is 97.1 g/mol. The third kappa shape index (κ3) is 2.77. The summed E-state index contributed by atoms with van der Waals surface area (Å²) in [5, 5.41) is 9.88. The molecule has 0 rings (SSSR count). The molecule has 0 unspecified atom stereocenters. The van der Waals surface area contributed by atoms with Gasteiger partial charge in [0.1, 0.15) is 6.42 Å². The third-order valence-electron chi connectivity index (χ3n) is 0.437. The molecule has 0 saturated carbocycles. The first kappa shape index (κ1) is 5.96. The number of hydrogen-bond donors (Lipinski definition) is 1. The van der Waals surface area contributed by atoms with Crippen LogP contribution in [0.5, 0.6) is 0 Å². The van der Waals surface area contributed by atoms with Gasteiger partial charge in [0, 0.05) is 7.05 Å². The lowest BCUT2D eigenvalue weighted by Crippen LogP contribution is -2.13. The van der Waals surface area contributed by atoms with Gasteiger partial charge in [0.15, 0.2) is 0 Å². The third-order valence-corrected chi connectivity index (χ3v) is 0.437. The van der Waals surface area contributed by atoms with Gasteiger partial charge in [0.2, 0.25) is 5.91 Å². The molecule has 0 aromatic carbocycles. The van der Waals surface area contributed by atoms with Crippen molar-refractivity contribution in [2.45, 2.75) is 6.42 Å². The standard InChI is InChI=1S/C4H5N2O/c1-6-4(7)2-3-5/h1-2H2,(H,6,7). The Bertz CT molecular complexity index is 103. The van der Waals surface area contributed by atoms with E-state index < -0.39 is 0 Å². The maximum absolute atomic E-state index is 10.0. The average Bonchev–Trinajstić information content (AvgIpc) is 1.68. The van der Waals surface area contributed by atoms with Crippen molar-refractivity contribution in [1.29, 1.82) is 5.26 Å². The Labute approximate surface area is 41.9 Å². The Morgan fingerprint density at radius 2 is 2.57 bits per heavy atom. The smallest absolute Gasteiger partial charge is 0.234 e. The van der Waals surface area contributed by atoms with Gasteiger partial charge in [-0.15, -0.1) is 0 Å². The molecule has 0 aliphatic carbocycles. The largest absolute Gasteiger partial charge is 0.353 e. The minimum Gasteiger partial charge on any atom is -0.353 e. The van der Waals surface area contributed by atoms with Crippen LogP contribution in [-0.4, -0.2) is 5.91 Å². The fourth-order valence-corrected chi connectivity index (χ4v) is 0.134. The van der Waals surface area contributed by atoms with E-state index in [-0.39, 0.29) is 12.3 Å². The van der Waals surface area contributed by atoms with Crippen molar-refractivity contribution < 1.29 is 4.79 Å². The summed E-state index contributed by atoms with van der Waals surface area (Å²) >= 11 is 0. The van der Waals surface area contributed by atoms with Gasteiger partial charge in [-0.05, 0) is 0 Å². The molecule has 3 nitrogen and oxygen atoms in total. The van der Waals surface area contributed by atoms with Gasteiger partial charge < -0.3 is 5.32 Å². The molecule has 0 bridgehead atoms. The summed E-state index contributed by atoms with van der Waals surface area (Å²) in [5.41, 5.74) is 0. The van der Waals surface area contributed by atoms with Crippen molar-refractivity contribution in [3.63, 3.8) is 0 Å². The Morgan fingerprint density at radius 1 is 2.00 bits per heavy atom. The predicted molar refractivity (Wildman–Crippen MR) is 23.7 cm³/mol. The van der Waals surface area contributed by atoms with Crippen LogP contribution in [0.25, 0.3) is 0 Å². The summed E-state index contributed by atoms with van der Waals surface area (Å²) < 4.78 is 0. The number of carbonyl (C=O) groups is 1. The molecule has 0 aliphatic rings. The van der Waals surface area contributed by atoms with Crippen LogP contribution < -0.4 is 5.32 Å². The van der Waals surface area contributed by atoms with Crippen LogP contribution in [-0.2, 0) is 4.79 Å². The van der Waals surface area contributed by atoms with Gasteiger partial charge in [0.05, 0.1) is 6.07 Å². The number of hydrogen-bond acceptors (Lipinski definition) is 2. The van der Waals surface area contributed by atoms with Crippen LogP contribution in [0, 0.1) is 18.4 Å². The predicted octanol–water partition coefficient (Wildman–Crippen LogP) is -0.192. The first-order valence-corrected chi connectivity index (χ1v) is 1.74. The molecule has 0 heterocycles. The van der Waals surface area contributed by atoms with Crippen LogP contribution in [0.1, 0.15) is 6.42 Å². The topological polar surface area (TPSA) is 52.9 Å². The molecule has 1 radical (unpaired) electrons. The van der Waals surface area contributed by atoms with Gasteiger partial charge in [-0.3, -0.25) is 4.79 Å². The maximum Gasteiger partial charge on any atom is 0.234 e. The minimum atomic E-state index is -0.345. The Hall–Kier alpha value is -1.04. The molecular weight excluding hydrogens is 92.1 g/mol. The lowest BCUT2D eigenvalue weighted by molar-refractivity contribution is -0.119. The second-order valence-corrected chi connectivity index (χ2v) is 0.935. The number of rotatable bonds is 1. The molecule has 7 heavy (non-hydrogen) atoms. The molecule has 1 N–H and O–H groups in total. The zero-order valence-corrected chi connectivity index (χ0v) is 3.77. The number of nitrogens with zero attached hydrogens (tertiary/aromatic N) is 1. The van der Waals surface area contributed by atoms with Gasteiger partial charge in [-0.2, -0.15) is 5.26 Å². The molecule has 37 valence electrons. The van der Waals surface area contributed by atoms with Crippen LogP contribution in [0.2, 0.25) is 0 Å². The lowest BCUT2D eigenvalue weighted by atomic mass is 10.4. The normalized spacial score (nSPS) is 6.86. The van der Waals surface area contributed by atoms with Crippen molar-refractivity contribution >= 4 is 5.91 Å². The van der Waals surface area contributed by atoms with Crippen molar-refractivity contribution in [3.8, 4) is 6.07 Å². The second-order valence-electron chi connectivity index (χ2n) is 0.935. The van der Waals surface area contributed by atoms with E-state index in [1.807, 2.05) is 0 Å². The SMILES string of the molecule is [CH2]NC(=O)CC#N. The van der Waals surface area contributed by atoms with E-state index >= 15 is 0 Å². The van der Waals surface area contributed by atoms with Gasteiger partial charge >= 0.3 is 0 Å². The van der Waals surface area contributed by atoms with Gasteiger partial charge in [-0.1, -0.05) is 0 Å². The fraction of sp³-hybridized carbons (Fsp3) is 0.250. The fourth-order valence-electron chi connectivity index (χ4n) is 0.134. The Kier molecular flexibility index (Phi) is 2.69. The molecule has 0 spiro atoms. The molecule has 0 aromatic heterocycles. The number of nitriles is 1. The molecule has 0 saturated heterocycles. The van der Waals surface area contributed by atoms with Crippen molar-refractivity contribution in [1.82, 2.24) is 5.32 Å². The van der Waals surface area contributed by atoms with E-state index in [4.69, 9.17) is 5.26 Å². The first-order valence-electron chi connectivity index (χ1n) is 1.74. The highest BCUT2D eigenvalue weighted by molar-refractivity contribution is 5.77. The van der Waals surface area contributed by atoms with Crippen LogP contribution in [0.3, 0.4) is 0 Å². The summed E-state index contributed by atoms with van der Waals surface area (Å²) in [7, 11) is 3.05. The Balaban J connectivity index is 3.23. The van der Waals surface area contributed by atoms with E-state index in [0.717, 1.165) is 0 Å². The van der Waals surface area contributed by atoms with E-state index in [1.165, 1.54) is 0 Å². The lowest BCUT2D eigenvalue weighted by Gasteiger charge is -1.85. The van der Waals surface area contributed by atoms with Crippen molar-refractivity contribution in [3.05, 3.63) is 7.05 Å². The highest BCUT2D eigenvalue weighted by Crippen LogP contribution is 1.70. The molecule has 0 atom stereocenters. The van der Waals surface area contributed by atoms with E-state index in [1.54, 1.807) is 6.07 Å². The molecule has 1 amide bonds. The monoisotopic (exact) mass is 97.0 g/mol. The summed E-state index contributed by atoms with van der Waals surface area (Å²) in [6.45, 7) is 0. The number of carbonyl (C=O) groups excluding carboxylic acids is 1. The molecule has 3 heteroatoms. The quantitative estimate of drug-likeness (QED) is 0.493. The van der Waals surface area contributed by atoms with Crippen molar-refractivity contribution in [2.24, 2.45) is 0 Å². The van der Waals surface area contributed by atoms with Crippen LogP contribution >= 0.6 is 0 Å². The zero-order valence-electron chi connectivity index (χ0n) is 3.77. The summed E-state index contributed by atoms with van der Waals surface area (Å²) in [5.74, 6) is -0.345. The summed E-state index contributed by atoms with van der Waals surface area (Å²) in [6, 6.07) is 1.67. The Morgan fingerprint density at radius 3 is 2.71 bits per heavy atom. The van der Waals surface area contributed by atoms with Crippen LogP contribution in [0.4, 0.5) is 0 Å².